The van der Waals surface area contributed by atoms with E-state index in [9.17, 15) is 18.0 Å². The average molecular weight is 516 g/mol. The van der Waals surface area contributed by atoms with Crippen LogP contribution in [0.15, 0.2) is 29.3 Å². The minimum absolute atomic E-state index is 0. The number of hydrogen-bond donors (Lipinski definition) is 0. The molecule has 1 unspecified atom stereocenters. The Hall–Kier alpha value is -1.41. The van der Waals surface area contributed by atoms with Crippen LogP contribution in [0.1, 0.15) is 64.9 Å². The first-order chi connectivity index (χ1) is 15.5. The van der Waals surface area contributed by atoms with Gasteiger partial charge in [-0.3, -0.25) is 14.7 Å². The number of carbonyl (C=O) groups is 1. The van der Waals surface area contributed by atoms with Crippen LogP contribution in [0.3, 0.4) is 0 Å². The fraction of sp³-hybridized carbons (Fsp3) is 0.680. The molecule has 0 N–H and O–H groups in total. The fourth-order valence-electron chi connectivity index (χ4n) is 7.06. The van der Waals surface area contributed by atoms with Crippen molar-refractivity contribution in [2.24, 2.45) is 22.7 Å². The van der Waals surface area contributed by atoms with Crippen molar-refractivity contribution in [3.63, 3.8) is 0 Å². The molecule has 9 heteroatoms. The van der Waals surface area contributed by atoms with Crippen LogP contribution in [0.5, 0.6) is 0 Å². The summed E-state index contributed by atoms with van der Waals surface area (Å²) in [7, 11) is 0. The molecule has 1 aromatic carbocycles. The van der Waals surface area contributed by atoms with Gasteiger partial charge in [-0.25, -0.2) is 0 Å². The Kier molecular flexibility index (Phi) is 6.97. The number of amides is 1. The molecule has 4 saturated carbocycles. The van der Waals surface area contributed by atoms with Gasteiger partial charge in [-0.2, -0.15) is 13.2 Å². The lowest BCUT2D eigenvalue weighted by Crippen LogP contribution is -2.54. The highest BCUT2D eigenvalue weighted by Crippen LogP contribution is 2.57. The molecule has 1 saturated heterocycles. The first-order valence-electron chi connectivity index (χ1n) is 12.0. The largest absolute Gasteiger partial charge is 0.416 e. The molecule has 4 aliphatic carbocycles. The van der Waals surface area contributed by atoms with E-state index in [1.165, 1.54) is 57.6 Å². The zero-order chi connectivity index (χ0) is 23.5. The Balaban J connectivity index is 0.00000274. The zero-order valence-corrected chi connectivity index (χ0v) is 21.5. The molecule has 4 bridgehead atoms. The van der Waals surface area contributed by atoms with Crippen LogP contribution in [0.4, 0.5) is 18.9 Å². The quantitative estimate of drug-likeness (QED) is 0.454. The van der Waals surface area contributed by atoms with Gasteiger partial charge in [0.1, 0.15) is 6.17 Å². The van der Waals surface area contributed by atoms with Crippen molar-refractivity contribution in [1.29, 1.82) is 0 Å². The van der Waals surface area contributed by atoms with Crippen LogP contribution in [0.2, 0.25) is 0 Å². The highest BCUT2D eigenvalue weighted by Gasteiger charge is 2.52. The molecule has 34 heavy (non-hydrogen) atoms. The van der Waals surface area contributed by atoms with E-state index in [0.29, 0.717) is 11.4 Å². The molecule has 5 fully saturated rings. The highest BCUT2D eigenvalue weighted by atomic mass is 35.5. The smallest absolute Gasteiger partial charge is 0.327 e. The minimum atomic E-state index is -4.40. The average Bonchev–Trinajstić information content (AvgIpc) is 3.09. The molecular formula is C25H33ClF3N3OS. The van der Waals surface area contributed by atoms with Crippen molar-refractivity contribution in [3.05, 3.63) is 29.8 Å². The van der Waals surface area contributed by atoms with Crippen molar-refractivity contribution in [3.8, 4) is 0 Å². The van der Waals surface area contributed by atoms with Crippen LogP contribution in [0, 0.1) is 17.8 Å². The summed E-state index contributed by atoms with van der Waals surface area (Å²) in [5, 5.41) is 0.995. The maximum absolute atomic E-state index is 13.0. The van der Waals surface area contributed by atoms with E-state index in [1.54, 1.807) is 16.7 Å². The molecule has 1 aromatic rings. The van der Waals surface area contributed by atoms with Gasteiger partial charge in [-0.05, 0) is 94.4 Å². The number of hydrogen-bond acceptors (Lipinski definition) is 3. The van der Waals surface area contributed by atoms with Crippen molar-refractivity contribution in [2.75, 3.05) is 10.7 Å². The number of amidine groups is 1. The first-order valence-corrected chi connectivity index (χ1v) is 13.0. The number of anilines is 1. The Morgan fingerprint density at radius 2 is 1.62 bits per heavy atom. The number of aliphatic imine (C=N–C) groups is 1. The fourth-order valence-corrected chi connectivity index (χ4v) is 8.41. The topological polar surface area (TPSA) is 35.9 Å². The summed E-state index contributed by atoms with van der Waals surface area (Å²) in [6.45, 7) is 5.67. The van der Waals surface area contributed by atoms with Gasteiger partial charge >= 0.3 is 6.18 Å². The third kappa shape index (κ3) is 4.69. The number of thioether (sulfide) groups is 1. The lowest BCUT2D eigenvalue weighted by molar-refractivity contribution is -0.137. The maximum atomic E-state index is 13.0. The second kappa shape index (κ2) is 9.23. The second-order valence-electron chi connectivity index (χ2n) is 10.8. The molecule has 1 heterocycles. The van der Waals surface area contributed by atoms with E-state index >= 15 is 0 Å². The number of carbonyl (C=O) groups excluding carboxylic acids is 1. The monoisotopic (exact) mass is 515 g/mol. The molecule has 5 aliphatic rings. The van der Waals surface area contributed by atoms with Crippen molar-refractivity contribution in [2.45, 2.75) is 83.2 Å². The van der Waals surface area contributed by atoms with Crippen LogP contribution in [-0.2, 0) is 11.0 Å². The first kappa shape index (κ1) is 25.7. The number of rotatable bonds is 4. The van der Waals surface area contributed by atoms with E-state index in [0.717, 1.165) is 35.1 Å². The van der Waals surface area contributed by atoms with Gasteiger partial charge in [0.2, 0.25) is 5.91 Å². The van der Waals surface area contributed by atoms with Gasteiger partial charge in [-0.15, -0.1) is 12.4 Å². The normalized spacial score (nSPS) is 33.5. The van der Waals surface area contributed by atoms with E-state index < -0.39 is 11.7 Å². The summed E-state index contributed by atoms with van der Waals surface area (Å²) in [4.78, 5) is 22.0. The van der Waals surface area contributed by atoms with Crippen molar-refractivity contribution >= 4 is 40.9 Å². The van der Waals surface area contributed by atoms with E-state index in [4.69, 9.17) is 4.99 Å². The van der Waals surface area contributed by atoms with Crippen molar-refractivity contribution < 1.29 is 18.0 Å². The van der Waals surface area contributed by atoms with E-state index in [2.05, 4.69) is 18.7 Å². The van der Waals surface area contributed by atoms with Crippen LogP contribution in [0.25, 0.3) is 0 Å². The van der Waals surface area contributed by atoms with E-state index in [-0.39, 0.29) is 36.1 Å². The minimum Gasteiger partial charge on any atom is -0.327 e. The SMILES string of the molecule is CC(=O)N(c1ccc(C(F)(F)F)cc1)C1CSC(=NC23CC4CC(CC(C4)C2)C3)N1C(C)C.Cl. The Labute approximate surface area is 210 Å². The third-order valence-corrected chi connectivity index (χ3v) is 8.93. The molecule has 0 radical (unpaired) electrons. The Bertz CT molecular complexity index is 914. The van der Waals surface area contributed by atoms with Gasteiger partial charge in [0.05, 0.1) is 11.1 Å². The maximum Gasteiger partial charge on any atom is 0.416 e. The molecule has 1 amide bonds. The molecule has 6 rings (SSSR count). The summed E-state index contributed by atoms with van der Waals surface area (Å²) < 4.78 is 39.1. The number of alkyl halides is 3. The number of benzene rings is 1. The molecule has 0 spiro atoms. The summed E-state index contributed by atoms with van der Waals surface area (Å²) in [6, 6.07) is 5.03. The highest BCUT2D eigenvalue weighted by molar-refractivity contribution is 8.14. The standard InChI is InChI=1S/C25H32F3N3OS.ClH/c1-15(2)30-22(31(16(3)32)21-6-4-20(5-7-21)25(26,27)28)14-33-23(30)29-24-11-17-8-18(12-24)10-19(9-17)13-24;/h4-7,15,17-19,22H,8-14H2,1-3H3;1H. The van der Waals surface area contributed by atoms with Crippen LogP contribution >= 0.6 is 24.2 Å². The molecule has 4 nitrogen and oxygen atoms in total. The van der Waals surface area contributed by atoms with Crippen LogP contribution in [-0.4, -0.2) is 39.5 Å². The van der Waals surface area contributed by atoms with Gasteiger partial charge in [0, 0.05) is 24.4 Å². The van der Waals surface area contributed by atoms with Gasteiger partial charge in [-0.1, -0.05) is 11.8 Å². The van der Waals surface area contributed by atoms with E-state index in [1.807, 2.05) is 0 Å². The molecule has 188 valence electrons. The molecule has 1 atom stereocenters. The van der Waals surface area contributed by atoms with Gasteiger partial charge < -0.3 is 4.90 Å². The lowest BCUT2D eigenvalue weighted by Gasteiger charge is -2.55. The number of nitrogens with zero attached hydrogens (tertiary/aromatic N) is 3. The van der Waals surface area contributed by atoms with Crippen LogP contribution < -0.4 is 4.90 Å². The van der Waals surface area contributed by atoms with Gasteiger partial charge in [0.25, 0.3) is 0 Å². The Morgan fingerprint density at radius 1 is 1.09 bits per heavy atom. The molecular weight excluding hydrogens is 483 g/mol. The molecule has 1 aliphatic heterocycles. The second-order valence-corrected chi connectivity index (χ2v) is 11.7. The van der Waals surface area contributed by atoms with Crippen molar-refractivity contribution in [1.82, 2.24) is 4.90 Å². The predicted octanol–water partition coefficient (Wildman–Crippen LogP) is 6.59. The summed E-state index contributed by atoms with van der Waals surface area (Å²) in [5.74, 6) is 2.88. The molecule has 0 aromatic heterocycles. The lowest BCUT2D eigenvalue weighted by atomic mass is 9.53. The predicted molar refractivity (Wildman–Crippen MR) is 133 cm³/mol. The summed E-state index contributed by atoms with van der Waals surface area (Å²) in [5.41, 5.74) is -0.183. The third-order valence-electron chi connectivity index (χ3n) is 7.91. The summed E-state index contributed by atoms with van der Waals surface area (Å²) in [6.07, 6.45) is 2.94. The van der Waals surface area contributed by atoms with Gasteiger partial charge in [0.15, 0.2) is 5.17 Å². The Morgan fingerprint density at radius 3 is 2.06 bits per heavy atom. The summed E-state index contributed by atoms with van der Waals surface area (Å²) >= 11 is 1.69. The zero-order valence-electron chi connectivity index (χ0n) is 19.8. The number of halogens is 4.